The summed E-state index contributed by atoms with van der Waals surface area (Å²) < 4.78 is 4.51. The molecule has 1 aliphatic rings. The van der Waals surface area contributed by atoms with Crippen molar-refractivity contribution in [2.24, 2.45) is 0 Å². The van der Waals surface area contributed by atoms with Crippen LogP contribution in [0.25, 0.3) is 0 Å². The molecule has 1 aromatic rings. The normalized spacial score (nSPS) is 13.5. The fraction of sp³-hybridized carbons (Fsp3) is 0.176. The van der Waals surface area contributed by atoms with E-state index >= 15 is 0 Å². The van der Waals surface area contributed by atoms with E-state index in [1.165, 1.54) is 12.1 Å². The molecular weight excluding hydrogens is 298 g/mol. The van der Waals surface area contributed by atoms with Gasteiger partial charge < -0.3 is 15.2 Å². The van der Waals surface area contributed by atoms with E-state index in [1.54, 1.807) is 0 Å². The second-order valence-corrected chi connectivity index (χ2v) is 4.88. The van der Waals surface area contributed by atoms with Crippen molar-refractivity contribution >= 4 is 17.9 Å². The van der Waals surface area contributed by atoms with Crippen LogP contribution in [0.4, 0.5) is 0 Å². The first-order valence-corrected chi connectivity index (χ1v) is 6.97. The van der Waals surface area contributed by atoms with Crippen molar-refractivity contribution in [3.8, 4) is 0 Å². The van der Waals surface area contributed by atoms with E-state index in [2.05, 4.69) is 10.1 Å². The summed E-state index contributed by atoms with van der Waals surface area (Å²) in [6.07, 6.45) is 3.14. The molecule has 1 heterocycles. The number of aryl methyl sites for hydroxylation is 1. The fourth-order valence-electron chi connectivity index (χ4n) is 2.24. The monoisotopic (exact) mass is 313 g/mol. The maximum atomic E-state index is 11.7. The van der Waals surface area contributed by atoms with Crippen molar-refractivity contribution < 1.29 is 24.2 Å². The molecule has 23 heavy (non-hydrogen) atoms. The Kier molecular flexibility index (Phi) is 5.50. The minimum Gasteiger partial charge on any atom is -0.478 e. The smallest absolute Gasteiger partial charge is 0.341 e. The topological polar surface area (TPSA) is 92.7 Å². The fourth-order valence-corrected chi connectivity index (χ4v) is 2.24. The van der Waals surface area contributed by atoms with Gasteiger partial charge in [0.05, 0.1) is 11.1 Å². The predicted octanol–water partition coefficient (Wildman–Crippen LogP) is 1.72. The van der Waals surface area contributed by atoms with Crippen LogP contribution >= 0.6 is 0 Å². The maximum Gasteiger partial charge on any atom is 0.341 e. The van der Waals surface area contributed by atoms with Crippen molar-refractivity contribution in [1.29, 1.82) is 0 Å². The Morgan fingerprint density at radius 1 is 1.26 bits per heavy atom. The molecule has 2 rings (SSSR count). The van der Waals surface area contributed by atoms with Gasteiger partial charge in [0.25, 0.3) is 0 Å². The van der Waals surface area contributed by atoms with Gasteiger partial charge in [-0.2, -0.15) is 0 Å². The summed E-state index contributed by atoms with van der Waals surface area (Å²) in [5.74, 6) is -0.544. The molecule has 2 N–H and O–H groups in total. The minimum absolute atomic E-state index is 0.0576. The number of hydrogen-bond donors (Lipinski definition) is 2. The summed E-state index contributed by atoms with van der Waals surface area (Å²) in [4.78, 5) is 33.1. The third-order valence-electron chi connectivity index (χ3n) is 3.39. The van der Waals surface area contributed by atoms with Crippen molar-refractivity contribution in [2.45, 2.75) is 19.3 Å². The lowest BCUT2D eigenvalue weighted by molar-refractivity contribution is -0.133. The molecule has 118 valence electrons. The molecule has 0 fully saturated rings. The summed E-state index contributed by atoms with van der Waals surface area (Å²) in [5, 5.41) is 12.2. The van der Waals surface area contributed by atoms with E-state index in [9.17, 15) is 19.5 Å². The van der Waals surface area contributed by atoms with Gasteiger partial charge in [-0.25, -0.2) is 14.4 Å². The molecule has 0 amide bonds. The van der Waals surface area contributed by atoms with Gasteiger partial charge >= 0.3 is 11.9 Å². The minimum atomic E-state index is -1.09. The Bertz CT molecular complexity index is 712. The zero-order valence-corrected chi connectivity index (χ0v) is 12.2. The zero-order chi connectivity index (χ0) is 16.7. The van der Waals surface area contributed by atoms with Crippen molar-refractivity contribution in [3.05, 3.63) is 65.2 Å². The summed E-state index contributed by atoms with van der Waals surface area (Å²) in [7, 11) is 0. The summed E-state index contributed by atoms with van der Waals surface area (Å²) in [5.41, 5.74) is 1.91. The Balaban J connectivity index is 2.08. The molecule has 0 radical (unpaired) electrons. The number of carbonyl (C=O) groups excluding carboxylic acids is 2. The van der Waals surface area contributed by atoms with Crippen LogP contribution in [0.3, 0.4) is 0 Å². The van der Waals surface area contributed by atoms with Crippen LogP contribution in [0, 0.1) is 0 Å². The number of aliphatic carboxylic acids is 1. The van der Waals surface area contributed by atoms with Crippen LogP contribution in [0.2, 0.25) is 0 Å². The van der Waals surface area contributed by atoms with Crippen molar-refractivity contribution in [2.75, 3.05) is 0 Å². The Labute approximate surface area is 132 Å². The lowest BCUT2D eigenvalue weighted by atomic mass is 9.97. The second kappa shape index (κ2) is 7.77. The lowest BCUT2D eigenvalue weighted by Gasteiger charge is -2.19. The average Bonchev–Trinajstić information content (AvgIpc) is 2.58. The molecule has 6 heteroatoms. The molecule has 0 saturated carbocycles. The van der Waals surface area contributed by atoms with Crippen LogP contribution in [0.5, 0.6) is 0 Å². The number of carboxylic acid groups (broad SMARTS) is 1. The van der Waals surface area contributed by atoms with Gasteiger partial charge in [-0.3, -0.25) is 0 Å². The van der Waals surface area contributed by atoms with E-state index in [-0.39, 0.29) is 17.6 Å². The molecule has 0 spiro atoms. The summed E-state index contributed by atoms with van der Waals surface area (Å²) in [6.45, 7) is 0. The van der Waals surface area contributed by atoms with Crippen LogP contribution in [0.1, 0.15) is 18.4 Å². The van der Waals surface area contributed by atoms with Gasteiger partial charge in [-0.05, 0) is 18.4 Å². The SMILES string of the molecule is O=C=COC(=O)C1=CNC(CCc2ccccc2)=C(C(=O)O)C1. The largest absolute Gasteiger partial charge is 0.478 e. The Morgan fingerprint density at radius 3 is 2.65 bits per heavy atom. The van der Waals surface area contributed by atoms with Crippen molar-refractivity contribution in [3.63, 3.8) is 0 Å². The molecule has 0 aliphatic carbocycles. The first kappa shape index (κ1) is 16.3. The third-order valence-corrected chi connectivity index (χ3v) is 3.39. The molecular formula is C17H15NO5. The molecule has 6 nitrogen and oxygen atoms in total. The van der Waals surface area contributed by atoms with E-state index < -0.39 is 11.9 Å². The second-order valence-electron chi connectivity index (χ2n) is 4.88. The lowest BCUT2D eigenvalue weighted by Crippen LogP contribution is -2.23. The van der Waals surface area contributed by atoms with Gasteiger partial charge in [0.1, 0.15) is 0 Å². The number of ether oxygens (including phenoxy) is 1. The molecule has 0 aromatic heterocycles. The van der Waals surface area contributed by atoms with Gasteiger partial charge in [0.15, 0.2) is 12.2 Å². The highest BCUT2D eigenvalue weighted by molar-refractivity contribution is 5.95. The van der Waals surface area contributed by atoms with Crippen molar-refractivity contribution in [1.82, 2.24) is 5.32 Å². The number of nitrogens with one attached hydrogen (secondary N) is 1. The van der Waals surface area contributed by atoms with Crippen LogP contribution in [0.15, 0.2) is 59.6 Å². The maximum absolute atomic E-state index is 11.7. The third kappa shape index (κ3) is 4.43. The molecule has 0 bridgehead atoms. The number of carboxylic acids is 1. The highest BCUT2D eigenvalue weighted by atomic mass is 16.5. The standard InChI is InChI=1S/C17H15NO5/c19-8-9-23-17(22)13-10-14(16(20)21)15(18-11-13)7-6-12-4-2-1-3-5-12/h1-5,9,11,18H,6-7,10H2,(H,20,21). The van der Waals surface area contributed by atoms with Gasteiger partial charge in [-0.15, -0.1) is 0 Å². The molecule has 0 unspecified atom stereocenters. The van der Waals surface area contributed by atoms with Crippen LogP contribution < -0.4 is 5.32 Å². The van der Waals surface area contributed by atoms with Crippen LogP contribution in [-0.2, 0) is 25.5 Å². The van der Waals surface area contributed by atoms with E-state index in [1.807, 2.05) is 30.3 Å². The molecule has 0 atom stereocenters. The van der Waals surface area contributed by atoms with Gasteiger partial charge in [0, 0.05) is 18.3 Å². The number of rotatable bonds is 6. The van der Waals surface area contributed by atoms with Crippen LogP contribution in [-0.4, -0.2) is 23.0 Å². The number of carbonyl (C=O) groups is 2. The average molecular weight is 313 g/mol. The number of esters is 1. The van der Waals surface area contributed by atoms with E-state index in [0.29, 0.717) is 24.8 Å². The molecule has 1 aliphatic heterocycles. The summed E-state index contributed by atoms with van der Waals surface area (Å²) in [6, 6.07) is 9.69. The number of benzene rings is 1. The predicted molar refractivity (Wildman–Crippen MR) is 81.6 cm³/mol. The highest BCUT2D eigenvalue weighted by Gasteiger charge is 2.24. The Morgan fingerprint density at radius 2 is 2.00 bits per heavy atom. The number of hydrogen-bond acceptors (Lipinski definition) is 5. The summed E-state index contributed by atoms with van der Waals surface area (Å²) >= 11 is 0. The van der Waals surface area contributed by atoms with E-state index in [4.69, 9.17) is 0 Å². The zero-order valence-electron chi connectivity index (χ0n) is 12.2. The first-order valence-electron chi connectivity index (χ1n) is 6.97. The quantitative estimate of drug-likeness (QED) is 0.472. The van der Waals surface area contributed by atoms with Gasteiger partial charge in [-0.1, -0.05) is 30.3 Å². The first-order chi connectivity index (χ1) is 11.1. The molecule has 1 aromatic carbocycles. The molecule has 0 saturated heterocycles. The number of dihydropyridines is 1. The van der Waals surface area contributed by atoms with Gasteiger partial charge in [0.2, 0.25) is 0 Å². The Hall–Kier alpha value is -3.11. The van der Waals surface area contributed by atoms with E-state index in [0.717, 1.165) is 5.56 Å². The number of allylic oxidation sites excluding steroid dienone is 1. The highest BCUT2D eigenvalue weighted by Crippen LogP contribution is 2.23.